The third kappa shape index (κ3) is 5.86. The monoisotopic (exact) mass is 570 g/mol. The van der Waals surface area contributed by atoms with Crippen LogP contribution >= 0.6 is 0 Å². The third-order valence-corrected chi connectivity index (χ3v) is 8.97. The topological polar surface area (TPSA) is 146 Å². The highest BCUT2D eigenvalue weighted by Crippen LogP contribution is 2.30. The predicted octanol–water partition coefficient (Wildman–Crippen LogP) is 3.98. The summed E-state index contributed by atoms with van der Waals surface area (Å²) in [5.41, 5.74) is 7.96. The lowest BCUT2D eigenvalue weighted by Gasteiger charge is -2.12. The van der Waals surface area contributed by atoms with Gasteiger partial charge in [-0.25, -0.2) is 22.8 Å². The molecule has 1 saturated heterocycles. The average Bonchev–Trinajstić information content (AvgIpc) is 3.65. The average molecular weight is 571 g/mol. The van der Waals surface area contributed by atoms with Crippen LogP contribution < -0.4 is 11.1 Å². The van der Waals surface area contributed by atoms with Gasteiger partial charge in [-0.15, -0.1) is 10.2 Å². The molecule has 0 aliphatic carbocycles. The molecular formula is C27H28F2N6O4S. The molecule has 10 nitrogen and oxygen atoms in total. The zero-order valence-electron chi connectivity index (χ0n) is 21.7. The van der Waals surface area contributed by atoms with Crippen LogP contribution in [0, 0.1) is 5.82 Å². The van der Waals surface area contributed by atoms with Crippen molar-refractivity contribution in [2.45, 2.75) is 42.5 Å². The second-order valence-electron chi connectivity index (χ2n) is 9.51. The molecule has 2 aromatic carbocycles. The number of nitrogen functional groups attached to an aromatic ring is 1. The van der Waals surface area contributed by atoms with Crippen molar-refractivity contribution in [3.05, 3.63) is 60.0 Å². The number of nitrogens with two attached hydrogens (primary N) is 1. The van der Waals surface area contributed by atoms with Gasteiger partial charge >= 0.3 is 0 Å². The van der Waals surface area contributed by atoms with E-state index in [9.17, 15) is 17.2 Å². The zero-order chi connectivity index (χ0) is 28.3. The van der Waals surface area contributed by atoms with Crippen molar-refractivity contribution in [3.63, 3.8) is 0 Å². The summed E-state index contributed by atoms with van der Waals surface area (Å²) in [7, 11) is -3.66. The van der Waals surface area contributed by atoms with Crippen LogP contribution in [0.25, 0.3) is 34.3 Å². The number of ether oxygens (including phenoxy) is 1. The summed E-state index contributed by atoms with van der Waals surface area (Å²) in [5, 5.41) is 10.5. The minimum absolute atomic E-state index is 0.0241. The van der Waals surface area contributed by atoms with E-state index in [1.54, 1.807) is 24.3 Å². The Bertz CT molecular complexity index is 1590. The first-order valence-corrected chi connectivity index (χ1v) is 14.3. The zero-order valence-corrected chi connectivity index (χ0v) is 22.5. The third-order valence-electron chi connectivity index (χ3n) is 6.74. The lowest BCUT2D eigenvalue weighted by atomic mass is 10.1. The van der Waals surface area contributed by atoms with Crippen molar-refractivity contribution in [1.82, 2.24) is 25.5 Å². The highest BCUT2D eigenvalue weighted by atomic mass is 32.2. The molecule has 0 spiro atoms. The summed E-state index contributed by atoms with van der Waals surface area (Å²) in [6.45, 7) is 2.63. The van der Waals surface area contributed by atoms with E-state index in [4.69, 9.17) is 14.9 Å². The first-order valence-electron chi connectivity index (χ1n) is 12.7. The summed E-state index contributed by atoms with van der Waals surface area (Å²) in [4.78, 5) is 8.72. The Morgan fingerprint density at radius 3 is 2.62 bits per heavy atom. The van der Waals surface area contributed by atoms with Gasteiger partial charge in [0.15, 0.2) is 21.3 Å². The van der Waals surface area contributed by atoms with Crippen molar-refractivity contribution in [3.8, 4) is 34.3 Å². The van der Waals surface area contributed by atoms with Gasteiger partial charge < -0.3 is 20.2 Å². The number of benzene rings is 2. The highest BCUT2D eigenvalue weighted by Gasteiger charge is 2.24. The first-order chi connectivity index (χ1) is 19.3. The van der Waals surface area contributed by atoms with E-state index in [0.29, 0.717) is 24.4 Å². The molecule has 13 heteroatoms. The van der Waals surface area contributed by atoms with Gasteiger partial charge in [-0.05, 0) is 49.6 Å². The second-order valence-corrected chi connectivity index (χ2v) is 11.9. The van der Waals surface area contributed by atoms with Gasteiger partial charge in [-0.2, -0.15) is 0 Å². The maximum atomic E-state index is 14.9. The van der Waals surface area contributed by atoms with E-state index in [1.807, 2.05) is 0 Å². The molecule has 2 aromatic heterocycles. The molecule has 3 heterocycles. The molecule has 0 radical (unpaired) electrons. The van der Waals surface area contributed by atoms with Gasteiger partial charge in [0, 0.05) is 24.8 Å². The number of nitrogens with one attached hydrogen (secondary N) is 1. The number of hydrogen-bond donors (Lipinski definition) is 2. The molecule has 0 amide bonds. The summed E-state index contributed by atoms with van der Waals surface area (Å²) in [6.07, 6.45) is 2.27. The van der Waals surface area contributed by atoms with Crippen LogP contribution in [-0.4, -0.2) is 59.8 Å². The molecule has 1 aliphatic heterocycles. The van der Waals surface area contributed by atoms with Crippen LogP contribution in [0.3, 0.4) is 0 Å². The summed E-state index contributed by atoms with van der Waals surface area (Å²) < 4.78 is 63.9. The fourth-order valence-corrected chi connectivity index (χ4v) is 5.66. The largest absolute Gasteiger partial charge is 0.414 e. The second kappa shape index (κ2) is 11.7. The highest BCUT2D eigenvalue weighted by molar-refractivity contribution is 7.92. The normalized spacial score (nSPS) is 16.3. The van der Waals surface area contributed by atoms with Gasteiger partial charge in [0.25, 0.3) is 11.8 Å². The Morgan fingerprint density at radius 1 is 1.15 bits per heavy atom. The smallest absolute Gasteiger partial charge is 0.270 e. The summed E-state index contributed by atoms with van der Waals surface area (Å²) >= 11 is 0. The Kier molecular flexibility index (Phi) is 8.14. The van der Waals surface area contributed by atoms with Gasteiger partial charge in [-0.1, -0.05) is 18.2 Å². The minimum Gasteiger partial charge on any atom is -0.414 e. The van der Waals surface area contributed by atoms with Crippen molar-refractivity contribution in [2.24, 2.45) is 0 Å². The fourth-order valence-electron chi connectivity index (χ4n) is 4.28. The number of alkyl halides is 1. The van der Waals surface area contributed by atoms with E-state index < -0.39 is 27.6 Å². The van der Waals surface area contributed by atoms with Crippen LogP contribution in [0.15, 0.2) is 58.0 Å². The van der Waals surface area contributed by atoms with E-state index in [2.05, 4.69) is 25.5 Å². The Balaban J connectivity index is 1.35. The molecule has 0 bridgehead atoms. The van der Waals surface area contributed by atoms with Gasteiger partial charge in [0.05, 0.1) is 40.9 Å². The molecule has 40 heavy (non-hydrogen) atoms. The maximum Gasteiger partial charge on any atom is 0.270 e. The fraction of sp³-hybridized carbons (Fsp3) is 0.333. The van der Waals surface area contributed by atoms with Crippen LogP contribution in [0.4, 0.5) is 14.6 Å². The number of aromatic nitrogens is 4. The Hall–Kier alpha value is -3.81. The molecule has 210 valence electrons. The lowest BCUT2D eigenvalue weighted by molar-refractivity contribution is 0.190. The standard InChI is InChI=1S/C27H28F2N6O4S/c1-16(8-10-28)40(36,37)20-5-3-18(4-6-20)23-14-32-25(30)24(33-23)27-35-34-26(39-27)21-7-2-17(12-22(21)29)13-31-19-9-11-38-15-19/h2-7,12,14,16,19,31H,8-11,13,15H2,1H3,(H2,30,32). The van der Waals surface area contributed by atoms with Crippen LogP contribution in [0.1, 0.15) is 25.3 Å². The lowest BCUT2D eigenvalue weighted by Crippen LogP contribution is -2.28. The SMILES string of the molecule is CC(CCF)S(=O)(=O)c1ccc(-c2cnc(N)c(-c3nnc(-c4ccc(CNC5CCOC5)cc4F)o3)n2)cc1. The van der Waals surface area contributed by atoms with E-state index in [0.717, 1.165) is 18.6 Å². The van der Waals surface area contributed by atoms with E-state index >= 15 is 0 Å². The molecule has 2 unspecified atom stereocenters. The molecule has 3 N–H and O–H groups in total. The van der Waals surface area contributed by atoms with E-state index in [1.165, 1.54) is 31.3 Å². The number of halogens is 2. The van der Waals surface area contributed by atoms with Crippen molar-refractivity contribution >= 4 is 15.7 Å². The predicted molar refractivity (Wildman–Crippen MR) is 144 cm³/mol. The number of nitrogens with zero attached hydrogens (tertiary/aromatic N) is 4. The van der Waals surface area contributed by atoms with Crippen LogP contribution in [0.5, 0.6) is 0 Å². The summed E-state index contributed by atoms with van der Waals surface area (Å²) in [6, 6.07) is 11.0. The van der Waals surface area contributed by atoms with Crippen LogP contribution in [-0.2, 0) is 21.1 Å². The molecule has 1 fully saturated rings. The number of anilines is 1. The first kappa shape index (κ1) is 27.7. The van der Waals surface area contributed by atoms with Crippen molar-refractivity contribution in [1.29, 1.82) is 0 Å². The van der Waals surface area contributed by atoms with E-state index in [-0.39, 0.29) is 46.2 Å². The van der Waals surface area contributed by atoms with Crippen molar-refractivity contribution in [2.75, 3.05) is 25.6 Å². The maximum absolute atomic E-state index is 14.9. The summed E-state index contributed by atoms with van der Waals surface area (Å²) in [5.74, 6) is -0.580. The Labute approximate surface area is 229 Å². The molecule has 0 saturated carbocycles. The van der Waals surface area contributed by atoms with Gasteiger partial charge in [-0.3, -0.25) is 4.39 Å². The molecule has 2 atom stereocenters. The Morgan fingerprint density at radius 2 is 1.93 bits per heavy atom. The molecular weight excluding hydrogens is 542 g/mol. The minimum atomic E-state index is -3.66. The van der Waals surface area contributed by atoms with Gasteiger partial charge in [0.2, 0.25) is 0 Å². The van der Waals surface area contributed by atoms with Crippen molar-refractivity contribution < 1.29 is 26.4 Å². The molecule has 5 rings (SSSR count). The molecule has 1 aliphatic rings. The van der Waals surface area contributed by atoms with Crippen LogP contribution in [0.2, 0.25) is 0 Å². The number of sulfone groups is 1. The number of hydrogen-bond acceptors (Lipinski definition) is 10. The number of rotatable bonds is 10. The molecule has 4 aromatic rings. The van der Waals surface area contributed by atoms with Gasteiger partial charge in [0.1, 0.15) is 5.82 Å². The quantitative estimate of drug-likeness (QED) is 0.287.